The predicted octanol–water partition coefficient (Wildman–Crippen LogP) is 3.24. The molecule has 1 nitrogen and oxygen atoms in total. The van der Waals surface area contributed by atoms with Crippen LogP contribution in [0.3, 0.4) is 0 Å². The van der Waals surface area contributed by atoms with Crippen molar-refractivity contribution in [1.29, 1.82) is 0 Å². The van der Waals surface area contributed by atoms with Gasteiger partial charge in [-0.15, -0.1) is 0 Å². The zero-order chi connectivity index (χ0) is 13.3. The molecule has 0 spiro atoms. The minimum atomic E-state index is 0.00928. The minimum absolute atomic E-state index is 0.00928. The van der Waals surface area contributed by atoms with Crippen molar-refractivity contribution in [2.24, 2.45) is 0 Å². The first-order chi connectivity index (χ1) is 8.48. The maximum Gasteiger partial charge on any atom is 0.0600 e. The lowest BCUT2D eigenvalue weighted by Crippen LogP contribution is -2.41. The fourth-order valence-electron chi connectivity index (χ4n) is 3.02. The Morgan fingerprint density at radius 2 is 2.00 bits per heavy atom. The second-order valence-corrected chi connectivity index (χ2v) is 5.86. The molecule has 1 aromatic rings. The monoisotopic (exact) mass is 243 g/mol. The van der Waals surface area contributed by atoms with Gasteiger partial charge in [-0.05, 0) is 51.3 Å². The van der Waals surface area contributed by atoms with Crippen molar-refractivity contribution in [1.82, 2.24) is 4.57 Å². The number of rotatable bonds is 4. The van der Waals surface area contributed by atoms with Crippen LogP contribution >= 0.6 is 0 Å². The topological polar surface area (TPSA) is 4.93 Å². The third kappa shape index (κ3) is 2.07. The van der Waals surface area contributed by atoms with Gasteiger partial charge in [-0.25, -0.2) is 0 Å². The van der Waals surface area contributed by atoms with Crippen LogP contribution in [-0.4, -0.2) is 4.57 Å². The highest BCUT2D eigenvalue weighted by atomic mass is 15.1. The number of aryl methyl sites for hydroxylation is 1. The number of nitrogens with zero attached hydrogens (tertiary/aromatic N) is 1. The van der Waals surface area contributed by atoms with E-state index in [-0.39, 0.29) is 5.54 Å². The maximum absolute atomic E-state index is 4.32. The third-order valence-corrected chi connectivity index (χ3v) is 4.10. The number of fused-ring (bicyclic) bond motifs is 1. The minimum Gasteiger partial charge on any atom is -0.336 e. The first-order valence-electron chi connectivity index (χ1n) is 7.06. The summed E-state index contributed by atoms with van der Waals surface area (Å²) in [5.41, 5.74) is 2.68. The van der Waals surface area contributed by atoms with Crippen LogP contribution in [0.25, 0.3) is 12.2 Å². The molecule has 0 aromatic carbocycles. The Hall–Kier alpha value is -1.24. The Morgan fingerprint density at radius 3 is 2.67 bits per heavy atom. The molecule has 0 unspecified atom stereocenters. The van der Waals surface area contributed by atoms with Gasteiger partial charge in [0, 0.05) is 11.0 Å². The van der Waals surface area contributed by atoms with Crippen LogP contribution in [0.15, 0.2) is 18.2 Å². The maximum atomic E-state index is 4.32. The highest BCUT2D eigenvalue weighted by Crippen LogP contribution is 2.27. The highest BCUT2D eigenvalue weighted by molar-refractivity contribution is 5.39. The van der Waals surface area contributed by atoms with Gasteiger partial charge < -0.3 is 4.57 Å². The molecule has 0 atom stereocenters. The molecule has 1 aliphatic rings. The average molecular weight is 243 g/mol. The zero-order valence-corrected chi connectivity index (χ0v) is 12.2. The molecule has 0 saturated heterocycles. The molecule has 0 N–H and O–H groups in total. The highest BCUT2D eigenvalue weighted by Gasteiger charge is 2.25. The molecule has 18 heavy (non-hydrogen) atoms. The second kappa shape index (κ2) is 4.79. The number of allylic oxidation sites excluding steroid dienone is 1. The molecular weight excluding hydrogens is 218 g/mol. The van der Waals surface area contributed by atoms with E-state index in [2.05, 4.69) is 57.1 Å². The van der Waals surface area contributed by atoms with E-state index >= 15 is 0 Å². The Balaban J connectivity index is 2.59. The first kappa shape index (κ1) is 13.2. The predicted molar refractivity (Wildman–Crippen MR) is 80.0 cm³/mol. The summed E-state index contributed by atoms with van der Waals surface area (Å²) in [6.45, 7) is 13.3. The van der Waals surface area contributed by atoms with E-state index in [1.165, 1.54) is 34.7 Å². The van der Waals surface area contributed by atoms with Gasteiger partial charge in [0.25, 0.3) is 0 Å². The third-order valence-electron chi connectivity index (χ3n) is 4.10. The summed E-state index contributed by atoms with van der Waals surface area (Å²) in [5, 5.41) is 2.79. The molecule has 0 aliphatic heterocycles. The van der Waals surface area contributed by atoms with Crippen molar-refractivity contribution in [3.8, 4) is 0 Å². The summed E-state index contributed by atoms with van der Waals surface area (Å²) in [6.07, 6.45) is 9.34. The van der Waals surface area contributed by atoms with Gasteiger partial charge in [0.2, 0.25) is 0 Å². The number of aromatic nitrogens is 1. The van der Waals surface area contributed by atoms with Crippen LogP contribution in [-0.2, 0) is 5.54 Å². The lowest BCUT2D eigenvalue weighted by atomic mass is 9.91. The van der Waals surface area contributed by atoms with E-state index in [0.29, 0.717) is 0 Å². The number of hydrogen-bond donors (Lipinski definition) is 0. The van der Waals surface area contributed by atoms with Crippen LogP contribution in [0.2, 0.25) is 0 Å². The Labute approximate surface area is 111 Å². The van der Waals surface area contributed by atoms with Crippen LogP contribution in [0.5, 0.6) is 0 Å². The molecule has 1 heteroatoms. The molecule has 1 aliphatic carbocycles. The SMILES string of the molecule is C=C(CCC)C(C)(C)n1c(C)cc2c1=CCCC=2. The first-order valence-corrected chi connectivity index (χ1v) is 7.06. The molecule has 2 rings (SSSR count). The summed E-state index contributed by atoms with van der Waals surface area (Å²) < 4.78 is 2.47. The van der Waals surface area contributed by atoms with Crippen LogP contribution in [0, 0.1) is 6.92 Å². The normalized spacial score (nSPS) is 14.7. The molecule has 0 amide bonds. The van der Waals surface area contributed by atoms with Crippen LogP contribution in [0.1, 0.15) is 52.1 Å². The van der Waals surface area contributed by atoms with E-state index < -0.39 is 0 Å². The summed E-state index contributed by atoms with van der Waals surface area (Å²) in [7, 11) is 0. The van der Waals surface area contributed by atoms with Gasteiger partial charge in [-0.2, -0.15) is 0 Å². The van der Waals surface area contributed by atoms with Crippen molar-refractivity contribution >= 4 is 12.2 Å². The smallest absolute Gasteiger partial charge is 0.0600 e. The van der Waals surface area contributed by atoms with E-state index in [1.54, 1.807) is 0 Å². The largest absolute Gasteiger partial charge is 0.336 e. The Bertz CT molecular complexity index is 569. The van der Waals surface area contributed by atoms with Crippen LogP contribution < -0.4 is 10.6 Å². The quantitative estimate of drug-likeness (QED) is 0.715. The Morgan fingerprint density at radius 1 is 1.33 bits per heavy atom. The van der Waals surface area contributed by atoms with E-state index in [4.69, 9.17) is 0 Å². The summed E-state index contributed by atoms with van der Waals surface area (Å²) in [4.78, 5) is 0. The van der Waals surface area contributed by atoms with Gasteiger partial charge >= 0.3 is 0 Å². The van der Waals surface area contributed by atoms with Gasteiger partial charge in [-0.3, -0.25) is 0 Å². The van der Waals surface area contributed by atoms with Crippen molar-refractivity contribution in [2.45, 2.75) is 58.9 Å². The standard InChI is InChI=1S/C17H25N/c1-6-9-13(2)17(4,5)18-14(3)12-15-10-7-8-11-16(15)18/h10-12H,2,6-9H2,1,3-5H3. The molecule has 0 fully saturated rings. The van der Waals surface area contributed by atoms with Crippen molar-refractivity contribution in [3.05, 3.63) is 34.5 Å². The molecule has 0 bridgehead atoms. The molecule has 1 heterocycles. The lowest BCUT2D eigenvalue weighted by molar-refractivity contribution is 0.396. The van der Waals surface area contributed by atoms with Crippen LogP contribution in [0.4, 0.5) is 0 Å². The average Bonchev–Trinajstić information content (AvgIpc) is 2.65. The molecule has 1 aromatic heterocycles. The van der Waals surface area contributed by atoms with Gasteiger partial charge in [0.1, 0.15) is 0 Å². The van der Waals surface area contributed by atoms with E-state index in [1.807, 2.05) is 0 Å². The fourth-order valence-corrected chi connectivity index (χ4v) is 3.02. The Kier molecular flexibility index (Phi) is 3.52. The van der Waals surface area contributed by atoms with E-state index in [0.717, 1.165) is 12.8 Å². The number of hydrogen-bond acceptors (Lipinski definition) is 0. The summed E-state index contributed by atoms with van der Waals surface area (Å²) in [5.74, 6) is 0. The van der Waals surface area contributed by atoms with Crippen molar-refractivity contribution in [2.75, 3.05) is 0 Å². The van der Waals surface area contributed by atoms with Gasteiger partial charge in [-0.1, -0.05) is 37.6 Å². The second-order valence-electron chi connectivity index (χ2n) is 5.86. The molecule has 0 radical (unpaired) electrons. The lowest BCUT2D eigenvalue weighted by Gasteiger charge is -2.32. The molecule has 98 valence electrons. The van der Waals surface area contributed by atoms with Crippen molar-refractivity contribution in [3.63, 3.8) is 0 Å². The molecular formula is C17H25N. The van der Waals surface area contributed by atoms with Gasteiger partial charge in [0.15, 0.2) is 0 Å². The fraction of sp³-hybridized carbons (Fsp3) is 0.529. The zero-order valence-electron chi connectivity index (χ0n) is 12.2. The van der Waals surface area contributed by atoms with Crippen molar-refractivity contribution < 1.29 is 0 Å². The molecule has 0 saturated carbocycles. The summed E-state index contributed by atoms with van der Waals surface area (Å²) in [6, 6.07) is 2.31. The van der Waals surface area contributed by atoms with Gasteiger partial charge in [0.05, 0.1) is 5.54 Å². The van der Waals surface area contributed by atoms with E-state index in [9.17, 15) is 0 Å². The summed E-state index contributed by atoms with van der Waals surface area (Å²) >= 11 is 0.